The van der Waals surface area contributed by atoms with Crippen molar-refractivity contribution in [2.24, 2.45) is 0 Å². The Morgan fingerprint density at radius 1 is 1.19 bits per heavy atom. The van der Waals surface area contributed by atoms with Crippen LogP contribution in [-0.4, -0.2) is 14.8 Å². The van der Waals surface area contributed by atoms with Crippen LogP contribution in [-0.2, 0) is 11.4 Å². The van der Waals surface area contributed by atoms with Crippen molar-refractivity contribution in [1.82, 2.24) is 9.88 Å². The normalized spacial score (nSPS) is 14.5. The quantitative estimate of drug-likeness (QED) is 0.441. The van der Waals surface area contributed by atoms with Crippen LogP contribution in [0.15, 0.2) is 59.5 Å². The molecule has 2 heterocycles. The van der Waals surface area contributed by atoms with Gasteiger partial charge in [-0.1, -0.05) is 42.2 Å². The number of ether oxygens (including phenoxy) is 1. The van der Waals surface area contributed by atoms with E-state index in [1.807, 2.05) is 62.4 Å². The van der Waals surface area contributed by atoms with Crippen molar-refractivity contribution in [3.05, 3.63) is 87.6 Å². The molecular formula is C24H19N3O2S2. The van der Waals surface area contributed by atoms with E-state index in [4.69, 9.17) is 17.0 Å². The van der Waals surface area contributed by atoms with E-state index >= 15 is 0 Å². The first-order valence-electron chi connectivity index (χ1n) is 9.61. The molecular weight excluding hydrogens is 426 g/mol. The molecule has 0 bridgehead atoms. The fourth-order valence-corrected chi connectivity index (χ4v) is 4.54. The molecule has 7 heteroatoms. The molecule has 1 aliphatic heterocycles. The van der Waals surface area contributed by atoms with Crippen molar-refractivity contribution in [3.8, 4) is 17.5 Å². The highest BCUT2D eigenvalue weighted by Gasteiger charge is 2.23. The summed E-state index contributed by atoms with van der Waals surface area (Å²) in [6.07, 6.45) is 1.88. The molecule has 0 atom stereocenters. The van der Waals surface area contributed by atoms with E-state index in [1.54, 1.807) is 6.07 Å². The van der Waals surface area contributed by atoms with E-state index in [0.717, 1.165) is 34.0 Å². The van der Waals surface area contributed by atoms with Crippen molar-refractivity contribution >= 4 is 40.3 Å². The van der Waals surface area contributed by atoms with E-state index < -0.39 is 0 Å². The predicted octanol–water partition coefficient (Wildman–Crippen LogP) is 5.03. The number of hydrogen-bond donors (Lipinski definition) is 1. The molecule has 4 rings (SSSR count). The summed E-state index contributed by atoms with van der Waals surface area (Å²) in [5.74, 6) is 0.577. The highest BCUT2D eigenvalue weighted by Crippen LogP contribution is 2.29. The summed E-state index contributed by atoms with van der Waals surface area (Å²) in [5, 5.41) is 11.9. The van der Waals surface area contributed by atoms with E-state index in [2.05, 4.69) is 22.0 Å². The summed E-state index contributed by atoms with van der Waals surface area (Å²) in [7, 11) is 0. The lowest BCUT2D eigenvalue weighted by atomic mass is 10.1. The third-order valence-electron chi connectivity index (χ3n) is 5.03. The number of aromatic nitrogens is 1. The number of rotatable bonds is 5. The van der Waals surface area contributed by atoms with Gasteiger partial charge in [0, 0.05) is 22.6 Å². The maximum Gasteiger partial charge on any atom is 0.263 e. The summed E-state index contributed by atoms with van der Waals surface area (Å²) < 4.78 is 8.49. The number of amides is 1. The van der Waals surface area contributed by atoms with Crippen molar-refractivity contribution in [3.63, 3.8) is 0 Å². The van der Waals surface area contributed by atoms with Gasteiger partial charge in [0.05, 0.1) is 16.5 Å². The van der Waals surface area contributed by atoms with Gasteiger partial charge in [-0.05, 0) is 61.9 Å². The van der Waals surface area contributed by atoms with Crippen LogP contribution in [0.2, 0.25) is 0 Å². The van der Waals surface area contributed by atoms with E-state index in [1.165, 1.54) is 11.8 Å². The lowest BCUT2D eigenvalue weighted by molar-refractivity contribution is -0.115. The molecule has 2 aromatic carbocycles. The molecule has 5 nitrogen and oxygen atoms in total. The van der Waals surface area contributed by atoms with Crippen molar-refractivity contribution in [2.75, 3.05) is 0 Å². The average Bonchev–Trinajstić information content (AvgIpc) is 3.23. The molecule has 31 heavy (non-hydrogen) atoms. The van der Waals surface area contributed by atoms with Crippen molar-refractivity contribution in [2.45, 2.75) is 20.5 Å². The fraction of sp³-hybridized carbons (Fsp3) is 0.125. The van der Waals surface area contributed by atoms with E-state index in [9.17, 15) is 10.1 Å². The van der Waals surface area contributed by atoms with Gasteiger partial charge in [0.2, 0.25) is 0 Å². The number of aryl methyl sites for hydroxylation is 1. The Morgan fingerprint density at radius 3 is 2.61 bits per heavy atom. The smallest absolute Gasteiger partial charge is 0.263 e. The third kappa shape index (κ3) is 4.41. The van der Waals surface area contributed by atoms with Crippen LogP contribution in [0.3, 0.4) is 0 Å². The molecule has 1 saturated heterocycles. The molecule has 1 N–H and O–H groups in total. The number of hydrogen-bond acceptors (Lipinski definition) is 5. The molecule has 0 spiro atoms. The minimum atomic E-state index is -0.153. The van der Waals surface area contributed by atoms with E-state index in [0.29, 0.717) is 21.4 Å². The van der Waals surface area contributed by atoms with Gasteiger partial charge < -0.3 is 14.6 Å². The van der Waals surface area contributed by atoms with Crippen LogP contribution in [0.4, 0.5) is 0 Å². The summed E-state index contributed by atoms with van der Waals surface area (Å²) in [5.41, 5.74) is 5.56. The molecule has 0 saturated carbocycles. The number of carbonyl (C=O) groups is 1. The summed E-state index contributed by atoms with van der Waals surface area (Å²) in [4.78, 5) is 12.6. The highest BCUT2D eigenvalue weighted by molar-refractivity contribution is 8.26. The Balaban J connectivity index is 1.54. The highest BCUT2D eigenvalue weighted by atomic mass is 32.2. The topological polar surface area (TPSA) is 67.1 Å². The van der Waals surface area contributed by atoms with Crippen LogP contribution in [0.5, 0.6) is 5.75 Å². The monoisotopic (exact) mass is 445 g/mol. The zero-order valence-electron chi connectivity index (χ0n) is 17.0. The fourth-order valence-electron chi connectivity index (χ4n) is 3.50. The number of nitrogens with zero attached hydrogens (tertiary/aromatic N) is 2. The zero-order chi connectivity index (χ0) is 22.0. The van der Waals surface area contributed by atoms with Gasteiger partial charge in [0.15, 0.2) is 0 Å². The molecule has 0 aliphatic carbocycles. The number of thioether (sulfide) groups is 1. The van der Waals surface area contributed by atoms with Crippen LogP contribution in [0.1, 0.15) is 28.1 Å². The molecule has 1 fully saturated rings. The van der Waals surface area contributed by atoms with Gasteiger partial charge in [-0.2, -0.15) is 5.26 Å². The molecule has 0 unspecified atom stereocenters. The first-order valence-corrected chi connectivity index (χ1v) is 10.8. The Labute approximate surface area is 190 Å². The Morgan fingerprint density at radius 2 is 1.94 bits per heavy atom. The first kappa shape index (κ1) is 20.9. The number of nitriles is 1. The predicted molar refractivity (Wildman–Crippen MR) is 127 cm³/mol. The third-order valence-corrected chi connectivity index (χ3v) is 6.19. The number of nitrogens with one attached hydrogen (secondary N) is 1. The first-order chi connectivity index (χ1) is 15.0. The van der Waals surface area contributed by atoms with Gasteiger partial charge in [0.1, 0.15) is 16.7 Å². The van der Waals surface area contributed by atoms with Crippen LogP contribution in [0, 0.1) is 25.2 Å². The average molecular weight is 446 g/mol. The van der Waals surface area contributed by atoms with Crippen LogP contribution >= 0.6 is 24.0 Å². The second-order valence-electron chi connectivity index (χ2n) is 7.07. The molecule has 154 valence electrons. The van der Waals surface area contributed by atoms with Crippen molar-refractivity contribution < 1.29 is 9.53 Å². The lowest BCUT2D eigenvalue weighted by Crippen LogP contribution is -2.17. The van der Waals surface area contributed by atoms with Crippen LogP contribution in [0.25, 0.3) is 11.8 Å². The van der Waals surface area contributed by atoms with Gasteiger partial charge in [-0.3, -0.25) is 4.79 Å². The summed E-state index contributed by atoms with van der Waals surface area (Å²) in [6.45, 7) is 4.40. The largest absolute Gasteiger partial charge is 0.489 e. The standard InChI is InChI=1S/C24H19N3O2S2/c1-15-11-19(12-22-23(28)26-24(30)31-22)16(2)27(15)20-7-9-21(10-8-20)29-14-18-6-4-3-5-17(18)13-25/h3-12H,14H2,1-2H3,(H,26,28,30)/b22-12+. The van der Waals surface area contributed by atoms with Gasteiger partial charge in [0.25, 0.3) is 5.91 Å². The maximum absolute atomic E-state index is 12.0. The minimum Gasteiger partial charge on any atom is -0.489 e. The maximum atomic E-state index is 12.0. The minimum absolute atomic E-state index is 0.153. The molecule has 1 amide bonds. The summed E-state index contributed by atoms with van der Waals surface area (Å²) >= 11 is 6.35. The number of thiocarbonyl (C=S) groups is 1. The van der Waals surface area contributed by atoms with Crippen molar-refractivity contribution in [1.29, 1.82) is 5.26 Å². The summed E-state index contributed by atoms with van der Waals surface area (Å²) in [6, 6.07) is 19.5. The van der Waals surface area contributed by atoms with Gasteiger partial charge in [-0.15, -0.1) is 0 Å². The molecule has 1 aromatic heterocycles. The second kappa shape index (κ2) is 8.80. The zero-order valence-corrected chi connectivity index (χ0v) is 18.6. The van der Waals surface area contributed by atoms with E-state index in [-0.39, 0.29) is 5.91 Å². The molecule has 1 aliphatic rings. The van der Waals surface area contributed by atoms with Gasteiger partial charge >= 0.3 is 0 Å². The second-order valence-corrected chi connectivity index (χ2v) is 8.78. The Kier molecular flexibility index (Phi) is 5.94. The lowest BCUT2D eigenvalue weighted by Gasteiger charge is -2.12. The van der Waals surface area contributed by atoms with Gasteiger partial charge in [-0.25, -0.2) is 0 Å². The molecule has 3 aromatic rings. The number of carbonyl (C=O) groups excluding carboxylic acids is 1. The Hall–Kier alpha value is -3.34. The Bertz CT molecular complexity index is 1250. The van der Waals surface area contributed by atoms with Crippen LogP contribution < -0.4 is 10.1 Å². The SMILES string of the molecule is Cc1cc(/C=C2/SC(=S)NC2=O)c(C)n1-c1ccc(OCc2ccccc2C#N)cc1. The number of benzene rings is 2. The molecule has 0 radical (unpaired) electrons.